The summed E-state index contributed by atoms with van der Waals surface area (Å²) in [4.78, 5) is 29.9. The first-order chi connectivity index (χ1) is 14.0. The molecule has 0 aliphatic heterocycles. The van der Waals surface area contributed by atoms with Crippen LogP contribution in [0.4, 0.5) is 4.79 Å². The van der Waals surface area contributed by atoms with Crippen LogP contribution >= 0.6 is 0 Å². The third kappa shape index (κ3) is 6.39. The van der Waals surface area contributed by atoms with Crippen LogP contribution in [0.2, 0.25) is 0 Å². The standard InChI is InChI=1S/C21H26N2O6/c1-23(28-4)20(24)17(12-16-10-11-18(26-2)19(13-16)27-3)22-21(25)29-14-15-8-6-5-7-9-15/h5-11,13,17H,12,14H2,1-4H3,(H,22,25)/t17-/m0/s1. The first kappa shape index (κ1) is 22.0. The highest BCUT2D eigenvalue weighted by molar-refractivity contribution is 5.85. The molecule has 2 rings (SSSR count). The summed E-state index contributed by atoms with van der Waals surface area (Å²) in [5.74, 6) is 0.685. The van der Waals surface area contributed by atoms with Crippen molar-refractivity contribution in [1.82, 2.24) is 10.4 Å². The van der Waals surface area contributed by atoms with E-state index in [1.54, 1.807) is 25.3 Å². The number of hydrogen-bond acceptors (Lipinski definition) is 6. The minimum absolute atomic E-state index is 0.101. The van der Waals surface area contributed by atoms with Gasteiger partial charge in [-0.25, -0.2) is 9.86 Å². The molecular formula is C21H26N2O6. The van der Waals surface area contributed by atoms with Crippen LogP contribution in [0.25, 0.3) is 0 Å². The predicted molar refractivity (Wildman–Crippen MR) is 107 cm³/mol. The SMILES string of the molecule is COc1ccc(C[C@H](NC(=O)OCc2ccccc2)C(=O)N(C)OC)cc1OC. The molecule has 0 spiro atoms. The van der Waals surface area contributed by atoms with Crippen molar-refractivity contribution >= 4 is 12.0 Å². The third-order valence-electron chi connectivity index (χ3n) is 4.27. The molecule has 0 fully saturated rings. The molecule has 156 valence electrons. The molecular weight excluding hydrogens is 376 g/mol. The average Bonchev–Trinajstić information content (AvgIpc) is 2.76. The summed E-state index contributed by atoms with van der Waals surface area (Å²) < 4.78 is 15.8. The third-order valence-corrected chi connectivity index (χ3v) is 4.27. The number of likely N-dealkylation sites (N-methyl/N-ethyl adjacent to an activating group) is 1. The largest absolute Gasteiger partial charge is 0.493 e. The van der Waals surface area contributed by atoms with Crippen molar-refractivity contribution in [2.24, 2.45) is 0 Å². The minimum atomic E-state index is -0.888. The summed E-state index contributed by atoms with van der Waals surface area (Å²) in [6.45, 7) is 0.101. The van der Waals surface area contributed by atoms with Gasteiger partial charge in [-0.2, -0.15) is 0 Å². The molecule has 0 radical (unpaired) electrons. The minimum Gasteiger partial charge on any atom is -0.493 e. The van der Waals surface area contributed by atoms with Gasteiger partial charge in [-0.1, -0.05) is 36.4 Å². The molecule has 2 aromatic rings. The highest BCUT2D eigenvalue weighted by Gasteiger charge is 2.26. The van der Waals surface area contributed by atoms with Gasteiger partial charge in [0.05, 0.1) is 21.3 Å². The van der Waals surface area contributed by atoms with Crippen molar-refractivity contribution in [2.75, 3.05) is 28.4 Å². The maximum Gasteiger partial charge on any atom is 0.408 e. The van der Waals surface area contributed by atoms with Crippen LogP contribution in [0.3, 0.4) is 0 Å². The van der Waals surface area contributed by atoms with E-state index in [4.69, 9.17) is 19.0 Å². The van der Waals surface area contributed by atoms with E-state index < -0.39 is 18.0 Å². The lowest BCUT2D eigenvalue weighted by Crippen LogP contribution is -2.48. The van der Waals surface area contributed by atoms with Crippen molar-refractivity contribution in [3.63, 3.8) is 0 Å². The fraction of sp³-hybridized carbons (Fsp3) is 0.333. The van der Waals surface area contributed by atoms with Crippen molar-refractivity contribution in [3.8, 4) is 11.5 Å². The van der Waals surface area contributed by atoms with Gasteiger partial charge in [0.25, 0.3) is 5.91 Å². The lowest BCUT2D eigenvalue weighted by atomic mass is 10.0. The lowest BCUT2D eigenvalue weighted by molar-refractivity contribution is -0.170. The molecule has 29 heavy (non-hydrogen) atoms. The number of carbonyl (C=O) groups is 2. The number of amides is 2. The van der Waals surface area contributed by atoms with E-state index in [9.17, 15) is 9.59 Å². The summed E-state index contributed by atoms with van der Waals surface area (Å²) in [5, 5.41) is 3.67. The fourth-order valence-electron chi connectivity index (χ4n) is 2.66. The lowest BCUT2D eigenvalue weighted by Gasteiger charge is -2.23. The van der Waals surface area contributed by atoms with Crippen molar-refractivity contribution in [2.45, 2.75) is 19.1 Å². The van der Waals surface area contributed by atoms with Crippen molar-refractivity contribution in [3.05, 3.63) is 59.7 Å². The van der Waals surface area contributed by atoms with E-state index in [0.717, 1.165) is 16.2 Å². The van der Waals surface area contributed by atoms with E-state index in [1.807, 2.05) is 30.3 Å². The molecule has 2 aromatic carbocycles. The highest BCUT2D eigenvalue weighted by Crippen LogP contribution is 2.28. The van der Waals surface area contributed by atoms with E-state index in [-0.39, 0.29) is 13.0 Å². The fourth-order valence-corrected chi connectivity index (χ4v) is 2.66. The maximum absolute atomic E-state index is 12.6. The summed E-state index contributed by atoms with van der Waals surface area (Å²) >= 11 is 0. The Morgan fingerprint density at radius 1 is 0.966 bits per heavy atom. The Hall–Kier alpha value is -3.26. The first-order valence-corrected chi connectivity index (χ1v) is 8.98. The van der Waals surface area contributed by atoms with Gasteiger partial charge in [-0.15, -0.1) is 0 Å². The Morgan fingerprint density at radius 2 is 1.66 bits per heavy atom. The molecule has 1 N–H and O–H groups in total. The maximum atomic E-state index is 12.6. The number of rotatable bonds is 9. The average molecular weight is 402 g/mol. The van der Waals surface area contributed by atoms with Gasteiger partial charge < -0.3 is 19.5 Å². The molecule has 8 heteroatoms. The molecule has 0 aromatic heterocycles. The van der Waals surface area contributed by atoms with Crippen LogP contribution in [0.1, 0.15) is 11.1 Å². The molecule has 0 aliphatic carbocycles. The number of ether oxygens (including phenoxy) is 3. The van der Waals surface area contributed by atoms with Crippen molar-refractivity contribution in [1.29, 1.82) is 0 Å². The molecule has 1 atom stereocenters. The zero-order valence-corrected chi connectivity index (χ0v) is 17.0. The molecule has 0 heterocycles. The summed E-state index contributed by atoms with van der Waals surface area (Å²) in [5.41, 5.74) is 1.62. The quantitative estimate of drug-likeness (QED) is 0.649. The number of methoxy groups -OCH3 is 2. The second-order valence-electron chi connectivity index (χ2n) is 6.17. The van der Waals surface area contributed by atoms with Crippen LogP contribution in [-0.4, -0.2) is 51.5 Å². The number of benzene rings is 2. The number of alkyl carbamates (subject to hydrolysis) is 1. The van der Waals surface area contributed by atoms with Crippen LogP contribution < -0.4 is 14.8 Å². The van der Waals surface area contributed by atoms with Crippen LogP contribution in [0.15, 0.2) is 48.5 Å². The van der Waals surface area contributed by atoms with Gasteiger partial charge in [-0.3, -0.25) is 9.63 Å². The normalized spacial score (nSPS) is 11.3. The molecule has 0 aliphatic rings. The Labute approximate surface area is 170 Å². The van der Waals surface area contributed by atoms with Gasteiger partial charge in [0.1, 0.15) is 12.6 Å². The summed E-state index contributed by atoms with van der Waals surface area (Å²) in [7, 11) is 5.92. The first-order valence-electron chi connectivity index (χ1n) is 8.98. The zero-order valence-electron chi connectivity index (χ0n) is 17.0. The molecule has 2 amide bonds. The number of nitrogens with one attached hydrogen (secondary N) is 1. The number of carbonyl (C=O) groups excluding carboxylic acids is 2. The van der Waals surface area contributed by atoms with Gasteiger partial charge in [-0.05, 0) is 23.3 Å². The molecule has 0 saturated carbocycles. The Kier molecular flexibility index (Phi) is 8.29. The van der Waals surface area contributed by atoms with Gasteiger partial charge in [0, 0.05) is 13.5 Å². The van der Waals surface area contributed by atoms with Crippen molar-refractivity contribution < 1.29 is 28.6 Å². The Morgan fingerprint density at radius 3 is 2.28 bits per heavy atom. The zero-order chi connectivity index (χ0) is 21.2. The Bertz CT molecular complexity index is 812. The van der Waals surface area contributed by atoms with Crippen LogP contribution in [-0.2, 0) is 27.4 Å². The molecule has 0 saturated heterocycles. The van der Waals surface area contributed by atoms with E-state index in [2.05, 4.69) is 5.32 Å². The second kappa shape index (κ2) is 10.9. The second-order valence-corrected chi connectivity index (χ2v) is 6.17. The Balaban J connectivity index is 2.10. The smallest absolute Gasteiger partial charge is 0.408 e. The van der Waals surface area contributed by atoms with Gasteiger partial charge in [0.15, 0.2) is 11.5 Å². The van der Waals surface area contributed by atoms with E-state index in [0.29, 0.717) is 11.5 Å². The number of hydroxylamine groups is 2. The molecule has 8 nitrogen and oxygen atoms in total. The topological polar surface area (TPSA) is 86.3 Å². The molecule has 0 bridgehead atoms. The number of nitrogens with zero attached hydrogens (tertiary/aromatic N) is 1. The summed E-state index contributed by atoms with van der Waals surface area (Å²) in [6, 6.07) is 13.7. The number of hydrogen-bond donors (Lipinski definition) is 1. The van der Waals surface area contributed by atoms with Crippen LogP contribution in [0, 0.1) is 0 Å². The molecule has 0 unspecified atom stereocenters. The highest BCUT2D eigenvalue weighted by atomic mass is 16.7. The van der Waals surface area contributed by atoms with Gasteiger partial charge >= 0.3 is 6.09 Å². The van der Waals surface area contributed by atoms with Gasteiger partial charge in [0.2, 0.25) is 0 Å². The monoisotopic (exact) mass is 402 g/mol. The predicted octanol–water partition coefficient (Wildman–Crippen LogP) is 2.56. The summed E-state index contributed by atoms with van der Waals surface area (Å²) in [6.07, 6.45) is -0.481. The van der Waals surface area contributed by atoms with Crippen LogP contribution in [0.5, 0.6) is 11.5 Å². The van der Waals surface area contributed by atoms with E-state index in [1.165, 1.54) is 21.3 Å². The van der Waals surface area contributed by atoms with E-state index >= 15 is 0 Å².